The van der Waals surface area contributed by atoms with E-state index in [0.29, 0.717) is 6.54 Å². The lowest BCUT2D eigenvalue weighted by atomic mass is 10.1. The van der Waals surface area contributed by atoms with Crippen LogP contribution in [-0.4, -0.2) is 19.0 Å². The van der Waals surface area contributed by atoms with Crippen molar-refractivity contribution in [2.24, 2.45) is 5.92 Å². The van der Waals surface area contributed by atoms with Gasteiger partial charge in [-0.05, 0) is 19.0 Å². The molecule has 7 heteroatoms. The molecule has 0 spiro atoms. The Bertz CT molecular complexity index is 428. The smallest absolute Gasteiger partial charge is 0.228 e. The van der Waals surface area contributed by atoms with Crippen LogP contribution in [0.25, 0.3) is 0 Å². The van der Waals surface area contributed by atoms with Gasteiger partial charge in [-0.3, -0.25) is 4.79 Å². The quantitative estimate of drug-likeness (QED) is 0.824. The molecule has 0 bridgehead atoms. The van der Waals surface area contributed by atoms with E-state index in [1.807, 2.05) is 0 Å². The fraction of sp³-hybridized carbons (Fsp3) is 0.364. The molecule has 2 rings (SSSR count). The Hall–Kier alpha value is -0.910. The summed E-state index contributed by atoms with van der Waals surface area (Å²) in [5.41, 5.74) is 0.172. The van der Waals surface area contributed by atoms with Crippen LogP contribution in [0.1, 0.15) is 6.42 Å². The first-order chi connectivity index (χ1) is 8.08. The second-order valence-electron chi connectivity index (χ2n) is 3.93. The van der Waals surface area contributed by atoms with E-state index in [1.54, 1.807) is 0 Å². The van der Waals surface area contributed by atoms with Gasteiger partial charge in [-0.25, -0.2) is 8.78 Å². The Labute approximate surface area is 114 Å². The van der Waals surface area contributed by atoms with Crippen molar-refractivity contribution in [2.75, 3.05) is 18.4 Å². The Morgan fingerprint density at radius 3 is 2.72 bits per heavy atom. The average molecular weight is 297 g/mol. The molecule has 0 radical (unpaired) electrons. The lowest BCUT2D eigenvalue weighted by Gasteiger charge is -2.10. The number of amides is 1. The highest BCUT2D eigenvalue weighted by Crippen LogP contribution is 2.23. The predicted octanol–water partition coefficient (Wildman–Crippen LogP) is 2.59. The highest BCUT2D eigenvalue weighted by molar-refractivity contribution is 6.31. The van der Waals surface area contributed by atoms with Crippen LogP contribution in [0.3, 0.4) is 0 Å². The summed E-state index contributed by atoms with van der Waals surface area (Å²) >= 11 is 5.48. The maximum Gasteiger partial charge on any atom is 0.228 e. The van der Waals surface area contributed by atoms with Crippen molar-refractivity contribution in [3.63, 3.8) is 0 Å². The minimum atomic E-state index is -1.10. The van der Waals surface area contributed by atoms with Crippen LogP contribution in [0.5, 0.6) is 0 Å². The van der Waals surface area contributed by atoms with Crippen LogP contribution in [0.15, 0.2) is 12.1 Å². The molecule has 2 N–H and O–H groups in total. The molecule has 1 aromatic carbocycles. The van der Waals surface area contributed by atoms with Gasteiger partial charge in [-0.15, -0.1) is 12.4 Å². The van der Waals surface area contributed by atoms with E-state index in [2.05, 4.69) is 10.6 Å². The first-order valence-electron chi connectivity index (χ1n) is 5.24. The Kier molecular flexibility index (Phi) is 5.31. The van der Waals surface area contributed by atoms with Crippen molar-refractivity contribution < 1.29 is 13.6 Å². The van der Waals surface area contributed by atoms with Gasteiger partial charge in [-0.2, -0.15) is 0 Å². The molecule has 1 aliphatic rings. The predicted molar refractivity (Wildman–Crippen MR) is 68.2 cm³/mol. The molecule has 1 amide bonds. The summed E-state index contributed by atoms with van der Waals surface area (Å²) in [6.07, 6.45) is 0.739. The minimum absolute atomic E-state index is 0. The standard InChI is InChI=1S/C11H11ClF2N2O.ClH/c12-8-3-7(4-9(13)10(8)14)16-11(17)6-1-2-15-5-6;/h3-4,6,15H,1-2,5H2,(H,16,17);1H/t6-;/m0./s1. The maximum absolute atomic E-state index is 13.0. The third-order valence-corrected chi connectivity index (χ3v) is 2.96. The van der Waals surface area contributed by atoms with Gasteiger partial charge in [0.05, 0.1) is 10.9 Å². The molecule has 1 aromatic rings. The molecular weight excluding hydrogens is 285 g/mol. The van der Waals surface area contributed by atoms with Crippen molar-refractivity contribution >= 4 is 35.6 Å². The van der Waals surface area contributed by atoms with Gasteiger partial charge in [0.25, 0.3) is 0 Å². The monoisotopic (exact) mass is 296 g/mol. The summed E-state index contributed by atoms with van der Waals surface area (Å²) in [4.78, 5) is 11.7. The van der Waals surface area contributed by atoms with Gasteiger partial charge in [-0.1, -0.05) is 11.6 Å². The summed E-state index contributed by atoms with van der Waals surface area (Å²) in [5.74, 6) is -2.52. The number of benzene rings is 1. The number of halogens is 4. The summed E-state index contributed by atoms with van der Waals surface area (Å²) in [6.45, 7) is 1.39. The maximum atomic E-state index is 13.0. The second kappa shape index (κ2) is 6.31. The number of hydrogen-bond acceptors (Lipinski definition) is 2. The van der Waals surface area contributed by atoms with E-state index in [0.717, 1.165) is 19.0 Å². The van der Waals surface area contributed by atoms with E-state index in [-0.39, 0.29) is 34.9 Å². The molecule has 1 saturated heterocycles. The van der Waals surface area contributed by atoms with Crippen molar-refractivity contribution in [3.05, 3.63) is 28.8 Å². The normalized spacial score (nSPS) is 18.3. The molecule has 18 heavy (non-hydrogen) atoms. The zero-order chi connectivity index (χ0) is 12.4. The number of hydrogen-bond donors (Lipinski definition) is 2. The fourth-order valence-electron chi connectivity index (χ4n) is 1.75. The van der Waals surface area contributed by atoms with Gasteiger partial charge < -0.3 is 10.6 Å². The van der Waals surface area contributed by atoms with Crippen LogP contribution in [-0.2, 0) is 4.79 Å². The first-order valence-corrected chi connectivity index (χ1v) is 5.62. The summed E-state index contributed by atoms with van der Waals surface area (Å²) in [5, 5.41) is 5.23. The number of rotatable bonds is 2. The first kappa shape index (κ1) is 15.1. The molecule has 1 heterocycles. The SMILES string of the molecule is Cl.O=C(Nc1cc(F)c(F)c(Cl)c1)[C@H]1CCNC1. The van der Waals surface area contributed by atoms with Crippen LogP contribution in [0.2, 0.25) is 5.02 Å². The average Bonchev–Trinajstić information content (AvgIpc) is 2.79. The van der Waals surface area contributed by atoms with E-state index < -0.39 is 11.6 Å². The molecule has 3 nitrogen and oxygen atoms in total. The van der Waals surface area contributed by atoms with Gasteiger partial charge in [0.1, 0.15) is 0 Å². The summed E-state index contributed by atoms with van der Waals surface area (Å²) < 4.78 is 26.0. The van der Waals surface area contributed by atoms with E-state index >= 15 is 0 Å². The molecule has 0 saturated carbocycles. The molecule has 1 atom stereocenters. The molecule has 1 aliphatic heterocycles. The highest BCUT2D eigenvalue weighted by atomic mass is 35.5. The molecule has 0 unspecified atom stereocenters. The largest absolute Gasteiger partial charge is 0.326 e. The lowest BCUT2D eigenvalue weighted by molar-refractivity contribution is -0.119. The van der Waals surface area contributed by atoms with Gasteiger partial charge >= 0.3 is 0 Å². The van der Waals surface area contributed by atoms with E-state index in [9.17, 15) is 13.6 Å². The highest BCUT2D eigenvalue weighted by Gasteiger charge is 2.22. The van der Waals surface area contributed by atoms with Gasteiger partial charge in [0, 0.05) is 18.3 Å². The zero-order valence-corrected chi connectivity index (χ0v) is 10.9. The topological polar surface area (TPSA) is 41.1 Å². The molecule has 0 aliphatic carbocycles. The number of anilines is 1. The van der Waals surface area contributed by atoms with Crippen LogP contribution in [0, 0.1) is 17.6 Å². The van der Waals surface area contributed by atoms with Crippen LogP contribution >= 0.6 is 24.0 Å². The van der Waals surface area contributed by atoms with Crippen LogP contribution < -0.4 is 10.6 Å². The molecule has 0 aromatic heterocycles. The Balaban J connectivity index is 0.00000162. The third-order valence-electron chi connectivity index (χ3n) is 2.68. The number of carbonyl (C=O) groups is 1. The second-order valence-corrected chi connectivity index (χ2v) is 4.34. The fourth-order valence-corrected chi connectivity index (χ4v) is 1.96. The number of nitrogens with one attached hydrogen (secondary N) is 2. The molecular formula is C11H12Cl2F2N2O. The Morgan fingerprint density at radius 2 is 2.17 bits per heavy atom. The molecule has 100 valence electrons. The third kappa shape index (κ3) is 3.31. The van der Waals surface area contributed by atoms with Gasteiger partial charge in [0.2, 0.25) is 5.91 Å². The van der Waals surface area contributed by atoms with E-state index in [1.165, 1.54) is 6.07 Å². The minimum Gasteiger partial charge on any atom is -0.326 e. The summed E-state index contributed by atoms with van der Waals surface area (Å²) in [7, 11) is 0. The van der Waals surface area contributed by atoms with E-state index in [4.69, 9.17) is 11.6 Å². The summed E-state index contributed by atoms with van der Waals surface area (Å²) in [6, 6.07) is 2.11. The van der Waals surface area contributed by atoms with Crippen molar-refractivity contribution in [1.82, 2.24) is 5.32 Å². The van der Waals surface area contributed by atoms with Crippen molar-refractivity contribution in [3.8, 4) is 0 Å². The Morgan fingerprint density at radius 1 is 1.44 bits per heavy atom. The molecule has 1 fully saturated rings. The van der Waals surface area contributed by atoms with Crippen molar-refractivity contribution in [2.45, 2.75) is 6.42 Å². The zero-order valence-electron chi connectivity index (χ0n) is 9.30. The number of carbonyl (C=O) groups excluding carboxylic acids is 1. The lowest BCUT2D eigenvalue weighted by Crippen LogP contribution is -2.24. The van der Waals surface area contributed by atoms with Crippen LogP contribution in [0.4, 0.5) is 14.5 Å². The van der Waals surface area contributed by atoms with Gasteiger partial charge in [0.15, 0.2) is 11.6 Å². The van der Waals surface area contributed by atoms with Crippen molar-refractivity contribution in [1.29, 1.82) is 0 Å².